The fraction of sp³-hybridized carbons (Fsp3) is 0.944. The van der Waals surface area contributed by atoms with Crippen molar-refractivity contribution in [3.05, 3.63) is 0 Å². The van der Waals surface area contributed by atoms with E-state index in [1.54, 1.807) is 0 Å². The summed E-state index contributed by atoms with van der Waals surface area (Å²) in [6.45, 7) is 21.7. The molecule has 0 fully saturated rings. The first-order valence-corrected chi connectivity index (χ1v) is 14.7. The highest BCUT2D eigenvalue weighted by atomic mass is 28.4. The molecule has 0 saturated carbocycles. The van der Waals surface area contributed by atoms with Gasteiger partial charge < -0.3 is 8.85 Å². The van der Waals surface area contributed by atoms with Crippen LogP contribution in [0.25, 0.3) is 0 Å². The van der Waals surface area contributed by atoms with E-state index in [9.17, 15) is 4.79 Å². The van der Waals surface area contributed by atoms with E-state index >= 15 is 0 Å². The second-order valence-electron chi connectivity index (χ2n) is 9.66. The van der Waals surface area contributed by atoms with E-state index in [0.717, 1.165) is 19.3 Å². The van der Waals surface area contributed by atoms with E-state index in [4.69, 9.17) is 8.85 Å². The Labute approximate surface area is 147 Å². The minimum absolute atomic E-state index is 0.0364. The molecule has 0 heterocycles. The summed E-state index contributed by atoms with van der Waals surface area (Å²) < 4.78 is 11.9. The first-order chi connectivity index (χ1) is 10.2. The van der Waals surface area contributed by atoms with Gasteiger partial charge in [0.05, 0.1) is 0 Å². The van der Waals surface area contributed by atoms with Gasteiger partial charge in [-0.05, 0) is 49.5 Å². The van der Waals surface area contributed by atoms with Crippen molar-refractivity contribution in [1.82, 2.24) is 0 Å². The van der Waals surface area contributed by atoms with Crippen molar-refractivity contribution in [2.75, 3.05) is 0 Å². The Morgan fingerprint density at radius 2 is 1.57 bits per heavy atom. The smallest absolute Gasteiger partial charge is 0.320 e. The largest absolute Gasteiger partial charge is 0.517 e. The van der Waals surface area contributed by atoms with Crippen LogP contribution in [-0.2, 0) is 13.6 Å². The minimum atomic E-state index is -2.07. The van der Waals surface area contributed by atoms with Crippen LogP contribution in [0, 0.1) is 5.41 Å². The summed E-state index contributed by atoms with van der Waals surface area (Å²) in [7, 11) is -3.34. The van der Waals surface area contributed by atoms with E-state index in [0.29, 0.717) is 5.41 Å². The Balaban J connectivity index is 4.68. The van der Waals surface area contributed by atoms with Crippen LogP contribution in [0.2, 0.25) is 31.2 Å². The summed E-state index contributed by atoms with van der Waals surface area (Å²) in [4.78, 5) is 12.6. The Morgan fingerprint density at radius 1 is 1.04 bits per heavy atom. The van der Waals surface area contributed by atoms with E-state index in [2.05, 4.69) is 67.7 Å². The predicted molar refractivity (Wildman–Crippen MR) is 105 cm³/mol. The second kappa shape index (κ2) is 8.81. The van der Waals surface area contributed by atoms with Gasteiger partial charge in [0.25, 0.3) is 8.32 Å². The predicted octanol–water partition coefficient (Wildman–Crippen LogP) is 5.51. The van der Waals surface area contributed by atoms with Gasteiger partial charge in [-0.25, -0.2) is 0 Å². The maximum Gasteiger partial charge on any atom is 0.320 e. The molecular formula is C18H40O3Si2. The van der Waals surface area contributed by atoms with Gasteiger partial charge in [0, 0.05) is 0 Å². The normalized spacial score (nSPS) is 14.9. The van der Waals surface area contributed by atoms with Gasteiger partial charge in [-0.2, -0.15) is 0 Å². The van der Waals surface area contributed by atoms with Crippen molar-refractivity contribution in [2.24, 2.45) is 5.41 Å². The zero-order valence-corrected chi connectivity index (χ0v) is 19.4. The summed E-state index contributed by atoms with van der Waals surface area (Å²) >= 11 is 0. The van der Waals surface area contributed by atoms with Gasteiger partial charge in [-0.1, -0.05) is 54.4 Å². The van der Waals surface area contributed by atoms with Crippen LogP contribution in [0.3, 0.4) is 0 Å². The lowest BCUT2D eigenvalue weighted by Gasteiger charge is -2.36. The SMILES string of the molecule is C[SiH](C)OC(CCCCC(C)(C)C)C(=O)O[Si](C)(C)C(C)(C)C. The number of hydrogen-bond donors (Lipinski definition) is 0. The Kier molecular flexibility index (Phi) is 8.76. The molecular weight excluding hydrogens is 320 g/mol. The van der Waals surface area contributed by atoms with Crippen molar-refractivity contribution >= 4 is 23.3 Å². The van der Waals surface area contributed by atoms with Crippen molar-refractivity contribution in [1.29, 1.82) is 0 Å². The lowest BCUT2D eigenvalue weighted by molar-refractivity contribution is -0.144. The van der Waals surface area contributed by atoms with Gasteiger partial charge >= 0.3 is 5.97 Å². The molecule has 0 radical (unpaired) electrons. The van der Waals surface area contributed by atoms with E-state index in [1.807, 2.05) is 0 Å². The van der Waals surface area contributed by atoms with E-state index in [1.165, 1.54) is 6.42 Å². The second-order valence-corrected chi connectivity index (χ2v) is 16.8. The molecule has 0 bridgehead atoms. The van der Waals surface area contributed by atoms with Gasteiger partial charge in [-0.15, -0.1) is 0 Å². The molecule has 1 unspecified atom stereocenters. The van der Waals surface area contributed by atoms with Crippen LogP contribution in [0.1, 0.15) is 67.2 Å². The van der Waals surface area contributed by atoms with Crippen LogP contribution in [0.15, 0.2) is 0 Å². The van der Waals surface area contributed by atoms with E-state index < -0.39 is 17.4 Å². The quantitative estimate of drug-likeness (QED) is 0.423. The first-order valence-electron chi connectivity index (χ1n) is 9.04. The molecule has 0 amide bonds. The van der Waals surface area contributed by atoms with Gasteiger partial charge in [0.2, 0.25) is 0 Å². The lowest BCUT2D eigenvalue weighted by atomic mass is 9.89. The Bertz CT molecular complexity index is 365. The molecule has 23 heavy (non-hydrogen) atoms. The molecule has 0 rings (SSSR count). The highest BCUT2D eigenvalue weighted by Crippen LogP contribution is 2.37. The lowest BCUT2D eigenvalue weighted by Crippen LogP contribution is -2.46. The van der Waals surface area contributed by atoms with Crippen LogP contribution in [0.4, 0.5) is 0 Å². The number of carbonyl (C=O) groups is 1. The fourth-order valence-corrected chi connectivity index (χ4v) is 3.87. The minimum Gasteiger partial charge on any atom is -0.517 e. The molecule has 0 aliphatic heterocycles. The third-order valence-corrected chi connectivity index (χ3v) is 9.70. The van der Waals surface area contributed by atoms with Crippen molar-refractivity contribution in [3.63, 3.8) is 0 Å². The highest BCUT2D eigenvalue weighted by Gasteiger charge is 2.41. The molecule has 1 atom stereocenters. The first kappa shape index (κ1) is 22.9. The topological polar surface area (TPSA) is 35.5 Å². The summed E-state index contributed by atoms with van der Waals surface area (Å²) in [5, 5.41) is 0.0364. The summed E-state index contributed by atoms with van der Waals surface area (Å²) in [6.07, 6.45) is 3.76. The maximum absolute atomic E-state index is 12.6. The molecule has 0 saturated heterocycles. The molecule has 3 nitrogen and oxygen atoms in total. The molecule has 0 spiro atoms. The molecule has 0 N–H and O–H groups in total. The molecule has 0 aromatic carbocycles. The van der Waals surface area contributed by atoms with Crippen LogP contribution in [-0.4, -0.2) is 29.4 Å². The number of hydrogen-bond acceptors (Lipinski definition) is 3. The molecule has 0 aromatic rings. The zero-order valence-electron chi connectivity index (χ0n) is 17.2. The van der Waals surface area contributed by atoms with E-state index in [-0.39, 0.29) is 17.1 Å². The number of rotatable bonds is 8. The van der Waals surface area contributed by atoms with Crippen molar-refractivity contribution in [2.45, 2.75) is 105 Å². The molecule has 0 aromatic heterocycles. The average Bonchev–Trinajstić information content (AvgIpc) is 2.29. The fourth-order valence-electron chi connectivity index (χ4n) is 2.03. The average molecular weight is 361 g/mol. The van der Waals surface area contributed by atoms with Crippen LogP contribution < -0.4 is 0 Å². The third-order valence-electron chi connectivity index (χ3n) is 4.50. The maximum atomic E-state index is 12.6. The summed E-state index contributed by atoms with van der Waals surface area (Å²) in [5.41, 5.74) is 0.352. The highest BCUT2D eigenvalue weighted by molar-refractivity contribution is 6.75. The van der Waals surface area contributed by atoms with Crippen LogP contribution >= 0.6 is 0 Å². The molecule has 5 heteroatoms. The Hall–Kier alpha value is -0.136. The van der Waals surface area contributed by atoms with Gasteiger partial charge in [0.1, 0.15) is 6.10 Å². The Morgan fingerprint density at radius 3 is 1.96 bits per heavy atom. The molecule has 0 aliphatic carbocycles. The van der Waals surface area contributed by atoms with Gasteiger partial charge in [-0.3, -0.25) is 4.79 Å². The summed E-state index contributed by atoms with van der Waals surface area (Å²) in [5.74, 6) is -0.131. The van der Waals surface area contributed by atoms with Crippen LogP contribution in [0.5, 0.6) is 0 Å². The standard InChI is InChI=1S/C18H40O3Si2/c1-17(2,3)14-12-11-13-15(20-22(7)8)16(19)21-23(9,10)18(4,5)6/h15,22H,11-14H2,1-10H3. The monoisotopic (exact) mass is 360 g/mol. The number of unbranched alkanes of at least 4 members (excludes halogenated alkanes) is 1. The summed E-state index contributed by atoms with van der Waals surface area (Å²) in [6, 6.07) is 0. The number of carbonyl (C=O) groups excluding carboxylic acids is 1. The van der Waals surface area contributed by atoms with Crippen molar-refractivity contribution < 1.29 is 13.6 Å². The van der Waals surface area contributed by atoms with Gasteiger partial charge in [0.15, 0.2) is 9.04 Å². The zero-order chi connectivity index (χ0) is 18.5. The molecule has 0 aliphatic rings. The third kappa shape index (κ3) is 9.67. The van der Waals surface area contributed by atoms with Crippen molar-refractivity contribution in [3.8, 4) is 0 Å². The molecule has 138 valence electrons.